The Labute approximate surface area is 77.1 Å². The highest BCUT2D eigenvalue weighted by Gasteiger charge is 2.21. The van der Waals surface area contributed by atoms with Crippen molar-refractivity contribution in [3.05, 3.63) is 49.1 Å². The molecule has 0 aromatic heterocycles. The van der Waals surface area contributed by atoms with Crippen LogP contribution in [0.1, 0.15) is 2.74 Å². The molecule has 0 bridgehead atoms. The molecule has 0 N–H and O–H groups in total. The molecule has 0 unspecified atom stereocenters. The standard InChI is InChI=1S/C8H14OSi2/c1-5-10-9-11(6-2,7-3)8-4/h5-8H,1-4,10H2/i2D,6D,10D2. The van der Waals surface area contributed by atoms with Gasteiger partial charge in [0.15, 0.2) is 9.63 Å². The van der Waals surface area contributed by atoms with Crippen LogP contribution in [-0.4, -0.2) is 20.4 Å². The molecule has 0 fully saturated rings. The van der Waals surface area contributed by atoms with Crippen LogP contribution >= 0.6 is 0 Å². The maximum Gasteiger partial charge on any atom is 0.254 e. The average Bonchev–Trinajstić information content (AvgIpc) is 2.25. The Bertz CT molecular complexity index is 293. The SMILES string of the molecule is [2H]C=C([2H])[Si](C=C)(C=C)O[Si]([2H])([2H])C=C. The Morgan fingerprint density at radius 2 is 2.18 bits per heavy atom. The van der Waals surface area contributed by atoms with Crippen molar-refractivity contribution in [1.82, 2.24) is 0 Å². The van der Waals surface area contributed by atoms with E-state index in [4.69, 9.17) is 9.33 Å². The summed E-state index contributed by atoms with van der Waals surface area (Å²) in [5.74, 6) is 0. The molecular weight excluding hydrogens is 168 g/mol. The van der Waals surface area contributed by atoms with E-state index in [9.17, 15) is 0 Å². The van der Waals surface area contributed by atoms with Crippen molar-refractivity contribution >= 4 is 17.9 Å². The van der Waals surface area contributed by atoms with Gasteiger partial charge in [-0.3, -0.25) is 0 Å². The Kier molecular flexibility index (Phi) is 2.34. The molecule has 1 nitrogen and oxygen atoms in total. The maximum atomic E-state index is 7.57. The topological polar surface area (TPSA) is 9.23 Å². The lowest BCUT2D eigenvalue weighted by atomic mass is 11.2. The van der Waals surface area contributed by atoms with E-state index in [0.29, 0.717) is 0 Å². The number of hydrogen-bond acceptors (Lipinski definition) is 1. The van der Waals surface area contributed by atoms with Gasteiger partial charge >= 0.3 is 0 Å². The van der Waals surface area contributed by atoms with Gasteiger partial charge in [-0.2, -0.15) is 0 Å². The molecule has 0 heterocycles. The van der Waals surface area contributed by atoms with E-state index in [0.717, 1.165) is 12.3 Å². The third kappa shape index (κ3) is 2.84. The number of rotatable bonds is 6. The van der Waals surface area contributed by atoms with Crippen LogP contribution in [-0.2, 0) is 4.12 Å². The molecule has 0 aromatic rings. The summed E-state index contributed by atoms with van der Waals surface area (Å²) in [5.41, 5.74) is 3.84. The van der Waals surface area contributed by atoms with Crippen molar-refractivity contribution in [2.24, 2.45) is 0 Å². The maximum absolute atomic E-state index is 7.57. The summed E-state index contributed by atoms with van der Waals surface area (Å²) in [6.07, 6.45) is 0. The van der Waals surface area contributed by atoms with Crippen molar-refractivity contribution < 1.29 is 6.86 Å². The lowest BCUT2D eigenvalue weighted by Gasteiger charge is -2.18. The number of hydrogen-bond donors (Lipinski definition) is 0. The smallest absolute Gasteiger partial charge is 0.254 e. The molecule has 0 amide bonds. The lowest BCUT2D eigenvalue weighted by Crippen LogP contribution is -2.32. The fourth-order valence-corrected chi connectivity index (χ4v) is 2.87. The van der Waals surface area contributed by atoms with E-state index < -0.39 is 17.9 Å². The molecule has 0 aliphatic rings. The van der Waals surface area contributed by atoms with Gasteiger partial charge in [0.1, 0.15) is 0 Å². The van der Waals surface area contributed by atoms with Gasteiger partial charge in [-0.25, -0.2) is 0 Å². The molecule has 0 saturated carbocycles. The summed E-state index contributed by atoms with van der Waals surface area (Å²) in [7, 11) is -6.51. The lowest BCUT2D eigenvalue weighted by molar-refractivity contribution is 0.627. The van der Waals surface area contributed by atoms with Gasteiger partial charge in [-0.05, 0) is 0 Å². The quantitative estimate of drug-likeness (QED) is 0.569. The van der Waals surface area contributed by atoms with Gasteiger partial charge < -0.3 is 4.12 Å². The predicted octanol–water partition coefficient (Wildman–Crippen LogP) is 1.35. The molecule has 0 rings (SSSR count). The van der Waals surface area contributed by atoms with Crippen LogP contribution in [0, 0.1) is 0 Å². The second-order valence-corrected chi connectivity index (χ2v) is 5.92. The average molecular weight is 186 g/mol. The highest BCUT2D eigenvalue weighted by molar-refractivity contribution is 6.90. The minimum absolute atomic E-state index is 0.0780. The summed E-state index contributed by atoms with van der Waals surface area (Å²) in [6.45, 7) is 11.3. The predicted molar refractivity (Wildman–Crippen MR) is 56.2 cm³/mol. The molecule has 0 aliphatic carbocycles. The van der Waals surface area contributed by atoms with E-state index in [-0.39, 0.29) is 5.68 Å². The Morgan fingerprint density at radius 3 is 2.55 bits per heavy atom. The zero-order chi connectivity index (χ0) is 12.1. The van der Waals surface area contributed by atoms with Crippen LogP contribution in [0.2, 0.25) is 0 Å². The van der Waals surface area contributed by atoms with Gasteiger partial charge in [0.2, 0.25) is 0 Å². The van der Waals surface area contributed by atoms with Crippen LogP contribution in [0.15, 0.2) is 49.1 Å². The molecule has 0 saturated heterocycles. The Morgan fingerprint density at radius 1 is 1.55 bits per heavy atom. The van der Waals surface area contributed by atoms with Crippen molar-refractivity contribution in [3.63, 3.8) is 0 Å². The fourth-order valence-electron chi connectivity index (χ4n) is 0.453. The first-order valence-corrected chi connectivity index (χ1v) is 6.09. The normalized spacial score (nSPS) is 18.7. The molecule has 0 radical (unpaired) electrons. The van der Waals surface area contributed by atoms with Crippen LogP contribution in [0.4, 0.5) is 0 Å². The second-order valence-electron chi connectivity index (χ2n) is 1.77. The molecule has 0 spiro atoms. The highest BCUT2D eigenvalue weighted by atomic mass is 28.4. The molecule has 0 aromatic carbocycles. The van der Waals surface area contributed by atoms with E-state index >= 15 is 0 Å². The molecule has 60 valence electrons. The van der Waals surface area contributed by atoms with E-state index in [1.54, 1.807) is 0 Å². The minimum Gasteiger partial charge on any atom is -0.448 e. The van der Waals surface area contributed by atoms with Crippen molar-refractivity contribution in [3.8, 4) is 0 Å². The van der Waals surface area contributed by atoms with Gasteiger partial charge in [-0.1, -0.05) is 22.8 Å². The molecule has 11 heavy (non-hydrogen) atoms. The molecular formula is C8H14OSi2. The first-order valence-electron chi connectivity index (χ1n) is 5.12. The summed E-state index contributed by atoms with van der Waals surface area (Å²) < 4.78 is 35.0. The highest BCUT2D eigenvalue weighted by Crippen LogP contribution is 2.07. The van der Waals surface area contributed by atoms with E-state index in [2.05, 4.69) is 19.7 Å². The van der Waals surface area contributed by atoms with Crippen LogP contribution in [0.25, 0.3) is 0 Å². The Hall–Kier alpha value is -0.646. The minimum atomic E-state index is -3.49. The summed E-state index contributed by atoms with van der Waals surface area (Å²) in [5, 5.41) is 0. The second kappa shape index (κ2) is 5.06. The zero-order valence-electron chi connectivity index (χ0n) is 10.3. The largest absolute Gasteiger partial charge is 0.448 e. The first-order chi connectivity index (χ1) is 6.87. The van der Waals surface area contributed by atoms with Crippen LogP contribution < -0.4 is 0 Å². The summed E-state index contributed by atoms with van der Waals surface area (Å²) in [6, 6.07) is 0. The van der Waals surface area contributed by atoms with Crippen molar-refractivity contribution in [1.29, 1.82) is 2.47 Å². The monoisotopic (exact) mass is 186 g/mol. The van der Waals surface area contributed by atoms with E-state index in [1.807, 2.05) is 0 Å². The third-order valence-electron chi connectivity index (χ3n) is 1.14. The van der Waals surface area contributed by atoms with Gasteiger partial charge in [0, 0.05) is 2.47 Å². The first kappa shape index (κ1) is 5.08. The molecule has 0 atom stereocenters. The molecule has 0 aliphatic heterocycles. The zero-order valence-corrected chi connectivity index (χ0v) is 8.34. The third-order valence-corrected chi connectivity index (χ3v) is 4.80. The van der Waals surface area contributed by atoms with Crippen LogP contribution in [0.3, 0.4) is 0 Å². The van der Waals surface area contributed by atoms with Crippen LogP contribution in [0.5, 0.6) is 0 Å². The van der Waals surface area contributed by atoms with Crippen molar-refractivity contribution in [2.75, 3.05) is 0 Å². The summed E-state index contributed by atoms with van der Waals surface area (Å²) in [4.78, 5) is 0. The van der Waals surface area contributed by atoms with E-state index in [1.165, 1.54) is 11.4 Å². The van der Waals surface area contributed by atoms with Gasteiger partial charge in [0.05, 0.1) is 2.74 Å². The molecule has 3 heteroatoms. The van der Waals surface area contributed by atoms with Gasteiger partial charge in [0.25, 0.3) is 8.32 Å². The van der Waals surface area contributed by atoms with Gasteiger partial charge in [-0.15, -0.1) is 26.3 Å². The van der Waals surface area contributed by atoms with Crippen molar-refractivity contribution in [2.45, 2.75) is 0 Å². The Balaban J connectivity index is 5.22. The summed E-state index contributed by atoms with van der Waals surface area (Å²) >= 11 is 0. The fraction of sp³-hybridized carbons (Fsp3) is 0.